The minimum absolute atomic E-state index is 0.0317. The van der Waals surface area contributed by atoms with E-state index in [9.17, 15) is 14.0 Å². The number of nitrogens with zero attached hydrogens (tertiary/aromatic N) is 3. The number of halogens is 1. The molecule has 1 amide bonds. The molecule has 0 N–H and O–H groups in total. The predicted molar refractivity (Wildman–Crippen MR) is 157 cm³/mol. The quantitative estimate of drug-likeness (QED) is 0.272. The summed E-state index contributed by atoms with van der Waals surface area (Å²) >= 11 is 0. The van der Waals surface area contributed by atoms with Gasteiger partial charge in [-0.05, 0) is 112 Å². The molecule has 0 unspecified atom stereocenters. The zero-order chi connectivity index (χ0) is 28.7. The number of hydrogen-bond acceptors (Lipinski definition) is 5. The van der Waals surface area contributed by atoms with Gasteiger partial charge >= 0.3 is 0 Å². The van der Waals surface area contributed by atoms with Crippen LogP contribution in [0, 0.1) is 10.8 Å². The number of carbonyl (C=O) groups is 2. The third-order valence-electron chi connectivity index (χ3n) is 11.3. The highest BCUT2D eigenvalue weighted by atomic mass is 19.1. The first-order valence-corrected chi connectivity index (χ1v) is 15.7. The van der Waals surface area contributed by atoms with Gasteiger partial charge in [0.15, 0.2) is 5.82 Å². The van der Waals surface area contributed by atoms with E-state index in [-0.39, 0.29) is 22.5 Å². The van der Waals surface area contributed by atoms with Crippen LogP contribution in [-0.4, -0.2) is 34.0 Å². The van der Waals surface area contributed by atoms with Crippen molar-refractivity contribution in [2.24, 2.45) is 10.8 Å². The van der Waals surface area contributed by atoms with Crippen molar-refractivity contribution in [3.05, 3.63) is 65.8 Å². The van der Waals surface area contributed by atoms with Crippen molar-refractivity contribution < 1.29 is 18.5 Å². The Bertz CT molecular complexity index is 1540. The Morgan fingerprint density at radius 1 is 0.952 bits per heavy atom. The van der Waals surface area contributed by atoms with Gasteiger partial charge in [-0.1, -0.05) is 41.6 Å². The fraction of sp³-hybridized carbons (Fsp3) is 0.543. The van der Waals surface area contributed by atoms with Gasteiger partial charge in [0.2, 0.25) is 11.8 Å². The van der Waals surface area contributed by atoms with E-state index in [1.807, 2.05) is 29.2 Å². The largest absolute Gasteiger partial charge is 0.339 e. The molecule has 7 saturated carbocycles. The summed E-state index contributed by atoms with van der Waals surface area (Å²) in [7, 11) is 0. The van der Waals surface area contributed by atoms with E-state index in [0.29, 0.717) is 38.1 Å². The number of ketones is 1. The molecular weight excluding hydrogens is 529 g/mol. The molecule has 7 aliphatic carbocycles. The van der Waals surface area contributed by atoms with E-state index in [2.05, 4.69) is 29.4 Å². The van der Waals surface area contributed by atoms with Crippen LogP contribution in [0.1, 0.15) is 101 Å². The summed E-state index contributed by atoms with van der Waals surface area (Å²) < 4.78 is 20.4. The van der Waals surface area contributed by atoms with Crippen LogP contribution in [0.5, 0.6) is 0 Å². The van der Waals surface area contributed by atoms with E-state index >= 15 is 0 Å². The molecule has 3 aromatic rings. The number of alkyl halides is 1. The SMILES string of the molecule is CC(=O)Cc1cccc(-c2cccc(N(CC34CCC(c5nc(C6CC6)no5)(CC3)CC4)C(=O)C34CC(F)(C3)C4)c2)c1. The van der Waals surface area contributed by atoms with Gasteiger partial charge in [0, 0.05) is 30.0 Å². The summed E-state index contributed by atoms with van der Waals surface area (Å²) in [5.41, 5.74) is 2.24. The molecule has 218 valence electrons. The minimum atomic E-state index is -1.13. The fourth-order valence-corrected chi connectivity index (χ4v) is 8.57. The molecular formula is C35H38FN3O3. The Kier molecular flexibility index (Phi) is 5.68. The van der Waals surface area contributed by atoms with Gasteiger partial charge in [0.25, 0.3) is 0 Å². The van der Waals surface area contributed by atoms with Gasteiger partial charge in [0.05, 0.1) is 5.41 Å². The summed E-state index contributed by atoms with van der Waals surface area (Å²) in [6.45, 7) is 2.27. The second-order valence-electron chi connectivity index (χ2n) is 14.5. The van der Waals surface area contributed by atoms with Crippen molar-refractivity contribution in [1.29, 1.82) is 0 Å². The highest BCUT2D eigenvalue weighted by Gasteiger charge is 2.73. The standard InChI is InChI=1S/C35H38FN3O3/c1-23(40)16-24-4-2-5-26(17-24)27-6-3-7-28(18-27)39(31(41)34-19-35(36,20-34)21-34)22-32-10-13-33(14-11-32,15-12-32)30-37-29(38-42-30)25-8-9-25/h2-7,17-18,25H,8-16,19-22H2,1H3. The lowest BCUT2D eigenvalue weighted by molar-refractivity contribution is -0.211. The van der Waals surface area contributed by atoms with Crippen molar-refractivity contribution in [3.8, 4) is 11.1 Å². The highest BCUT2D eigenvalue weighted by molar-refractivity contribution is 6.00. The first-order chi connectivity index (χ1) is 20.2. The van der Waals surface area contributed by atoms with Crippen LogP contribution in [0.4, 0.5) is 10.1 Å². The van der Waals surface area contributed by atoms with Crippen molar-refractivity contribution in [2.45, 2.75) is 101 Å². The summed E-state index contributed by atoms with van der Waals surface area (Å²) in [6.07, 6.45) is 9.87. The van der Waals surface area contributed by atoms with Gasteiger partial charge in [-0.2, -0.15) is 4.98 Å². The predicted octanol–water partition coefficient (Wildman–Crippen LogP) is 7.26. The van der Waals surface area contributed by atoms with Crippen LogP contribution >= 0.6 is 0 Å². The molecule has 4 bridgehead atoms. The number of anilines is 1. The molecule has 42 heavy (non-hydrogen) atoms. The first kappa shape index (κ1) is 26.3. The molecule has 6 nitrogen and oxygen atoms in total. The van der Waals surface area contributed by atoms with Crippen LogP contribution in [0.2, 0.25) is 0 Å². The molecule has 0 saturated heterocycles. The van der Waals surface area contributed by atoms with Gasteiger partial charge in [-0.15, -0.1) is 0 Å². The fourth-order valence-electron chi connectivity index (χ4n) is 8.57. The molecule has 0 spiro atoms. The van der Waals surface area contributed by atoms with Crippen LogP contribution in [0.3, 0.4) is 0 Å². The summed E-state index contributed by atoms with van der Waals surface area (Å²) in [5.74, 6) is 2.42. The normalized spacial score (nSPS) is 32.6. The van der Waals surface area contributed by atoms with Crippen LogP contribution < -0.4 is 4.90 Å². The second-order valence-corrected chi connectivity index (χ2v) is 14.5. The Balaban J connectivity index is 1.07. The molecule has 2 aromatic carbocycles. The molecule has 7 aliphatic rings. The van der Waals surface area contributed by atoms with Crippen molar-refractivity contribution in [2.75, 3.05) is 11.4 Å². The van der Waals surface area contributed by atoms with E-state index in [1.54, 1.807) is 6.92 Å². The number of fused-ring (bicyclic) bond motifs is 3. The molecule has 1 heterocycles. The number of rotatable bonds is 9. The smallest absolute Gasteiger partial charge is 0.233 e. The van der Waals surface area contributed by atoms with Crippen LogP contribution in [0.15, 0.2) is 53.1 Å². The maximum Gasteiger partial charge on any atom is 0.233 e. The summed E-state index contributed by atoms with van der Waals surface area (Å²) in [4.78, 5) is 32.8. The van der Waals surface area contributed by atoms with E-state index in [1.165, 1.54) is 0 Å². The molecule has 1 aromatic heterocycles. The molecule has 10 rings (SSSR count). The summed E-state index contributed by atoms with van der Waals surface area (Å²) in [6, 6.07) is 16.3. The van der Waals surface area contributed by atoms with Crippen LogP contribution in [-0.2, 0) is 21.4 Å². The minimum Gasteiger partial charge on any atom is -0.339 e. The lowest BCUT2D eigenvalue weighted by atomic mass is 9.41. The topological polar surface area (TPSA) is 76.3 Å². The van der Waals surface area contributed by atoms with E-state index in [0.717, 1.165) is 85.5 Å². The Morgan fingerprint density at radius 2 is 1.62 bits per heavy atom. The maximum absolute atomic E-state index is 14.6. The van der Waals surface area contributed by atoms with Gasteiger partial charge in [-0.25, -0.2) is 4.39 Å². The zero-order valence-corrected chi connectivity index (χ0v) is 24.3. The zero-order valence-electron chi connectivity index (χ0n) is 24.3. The third-order valence-corrected chi connectivity index (χ3v) is 11.3. The van der Waals surface area contributed by atoms with Gasteiger partial charge < -0.3 is 9.42 Å². The van der Waals surface area contributed by atoms with Gasteiger partial charge in [0.1, 0.15) is 11.5 Å². The molecule has 0 aliphatic heterocycles. The summed E-state index contributed by atoms with van der Waals surface area (Å²) in [5, 5.41) is 4.31. The maximum atomic E-state index is 14.6. The number of carbonyl (C=O) groups excluding carboxylic acids is 2. The second kappa shape index (κ2) is 9.08. The monoisotopic (exact) mass is 567 g/mol. The van der Waals surface area contributed by atoms with Gasteiger partial charge in [-0.3, -0.25) is 9.59 Å². The first-order valence-electron chi connectivity index (χ1n) is 15.7. The highest BCUT2D eigenvalue weighted by Crippen LogP contribution is 2.70. The Hall–Kier alpha value is -3.35. The Labute approximate surface area is 246 Å². The number of amides is 1. The van der Waals surface area contributed by atoms with E-state index in [4.69, 9.17) is 9.51 Å². The lowest BCUT2D eigenvalue weighted by Gasteiger charge is -2.65. The van der Waals surface area contributed by atoms with Crippen molar-refractivity contribution in [3.63, 3.8) is 0 Å². The number of benzene rings is 2. The number of hydrogen-bond donors (Lipinski definition) is 0. The molecule has 0 radical (unpaired) electrons. The number of aromatic nitrogens is 2. The van der Waals surface area contributed by atoms with Crippen LogP contribution in [0.25, 0.3) is 11.1 Å². The van der Waals surface area contributed by atoms with Crippen molar-refractivity contribution >= 4 is 17.4 Å². The average molecular weight is 568 g/mol. The molecule has 7 heteroatoms. The van der Waals surface area contributed by atoms with Crippen molar-refractivity contribution in [1.82, 2.24) is 10.1 Å². The average Bonchev–Trinajstić information content (AvgIpc) is 3.70. The molecule has 7 fully saturated rings. The lowest BCUT2D eigenvalue weighted by Crippen LogP contribution is -2.71. The number of Topliss-reactive ketones (excluding diaryl/α,β-unsaturated/α-hetero) is 1. The third kappa shape index (κ3) is 4.25. The Morgan fingerprint density at radius 3 is 2.26 bits per heavy atom. The molecule has 0 atom stereocenters. The van der Waals surface area contributed by atoms with E-state index < -0.39 is 11.1 Å².